The first kappa shape index (κ1) is 15.3. The SMILES string of the molecule is COc1ccc(COC(=O)c2cc(F)ccc2N)cc1Br. The van der Waals surface area contributed by atoms with Crippen LogP contribution in [0.2, 0.25) is 0 Å². The number of esters is 1. The van der Waals surface area contributed by atoms with Gasteiger partial charge in [-0.1, -0.05) is 6.07 Å². The molecule has 110 valence electrons. The molecule has 0 radical (unpaired) electrons. The summed E-state index contributed by atoms with van der Waals surface area (Å²) in [6.07, 6.45) is 0. The number of rotatable bonds is 4. The van der Waals surface area contributed by atoms with Gasteiger partial charge in [0, 0.05) is 5.69 Å². The van der Waals surface area contributed by atoms with Gasteiger partial charge in [0.05, 0.1) is 17.1 Å². The van der Waals surface area contributed by atoms with Gasteiger partial charge in [0.2, 0.25) is 0 Å². The highest BCUT2D eigenvalue weighted by Crippen LogP contribution is 2.26. The second-order valence-corrected chi connectivity index (χ2v) is 5.13. The Bertz CT molecular complexity index is 676. The van der Waals surface area contributed by atoms with Gasteiger partial charge in [-0.25, -0.2) is 9.18 Å². The maximum atomic E-state index is 13.1. The van der Waals surface area contributed by atoms with E-state index in [2.05, 4.69) is 15.9 Å². The van der Waals surface area contributed by atoms with Crippen LogP contribution in [-0.4, -0.2) is 13.1 Å². The van der Waals surface area contributed by atoms with Crippen LogP contribution in [-0.2, 0) is 11.3 Å². The standard InChI is InChI=1S/C15H13BrFNO3/c1-20-14-5-2-9(6-12(14)16)8-21-15(19)11-7-10(17)3-4-13(11)18/h2-7H,8,18H2,1H3. The molecule has 0 spiro atoms. The van der Waals surface area contributed by atoms with Crippen molar-refractivity contribution >= 4 is 27.6 Å². The highest BCUT2D eigenvalue weighted by Gasteiger charge is 2.13. The summed E-state index contributed by atoms with van der Waals surface area (Å²) in [5.41, 5.74) is 6.59. The maximum absolute atomic E-state index is 13.1. The van der Waals surface area contributed by atoms with Crippen molar-refractivity contribution in [2.75, 3.05) is 12.8 Å². The van der Waals surface area contributed by atoms with Gasteiger partial charge in [0.25, 0.3) is 0 Å². The summed E-state index contributed by atoms with van der Waals surface area (Å²) in [5, 5.41) is 0. The van der Waals surface area contributed by atoms with E-state index >= 15 is 0 Å². The maximum Gasteiger partial charge on any atom is 0.340 e. The van der Waals surface area contributed by atoms with E-state index in [1.54, 1.807) is 25.3 Å². The Kier molecular flexibility index (Phi) is 4.80. The van der Waals surface area contributed by atoms with Crippen molar-refractivity contribution < 1.29 is 18.7 Å². The van der Waals surface area contributed by atoms with E-state index in [1.807, 2.05) is 0 Å². The zero-order valence-electron chi connectivity index (χ0n) is 11.2. The summed E-state index contributed by atoms with van der Waals surface area (Å²) in [7, 11) is 1.56. The van der Waals surface area contributed by atoms with Crippen LogP contribution in [0.3, 0.4) is 0 Å². The number of nitrogens with two attached hydrogens (primary N) is 1. The van der Waals surface area contributed by atoms with Gasteiger partial charge in [0.15, 0.2) is 0 Å². The van der Waals surface area contributed by atoms with Gasteiger partial charge in [-0.05, 0) is 51.8 Å². The van der Waals surface area contributed by atoms with E-state index in [4.69, 9.17) is 15.2 Å². The summed E-state index contributed by atoms with van der Waals surface area (Å²) in [5.74, 6) is -0.526. The van der Waals surface area contributed by atoms with E-state index in [0.717, 1.165) is 16.1 Å². The van der Waals surface area contributed by atoms with Crippen LogP contribution in [0, 0.1) is 5.82 Å². The number of hydrogen-bond acceptors (Lipinski definition) is 4. The van der Waals surface area contributed by atoms with Gasteiger partial charge in [-0.3, -0.25) is 0 Å². The largest absolute Gasteiger partial charge is 0.496 e. The third kappa shape index (κ3) is 3.72. The van der Waals surface area contributed by atoms with Gasteiger partial charge in [-0.2, -0.15) is 0 Å². The predicted molar refractivity (Wildman–Crippen MR) is 80.6 cm³/mol. The van der Waals surface area contributed by atoms with Crippen LogP contribution in [0.5, 0.6) is 5.75 Å². The molecule has 2 aromatic rings. The Morgan fingerprint density at radius 3 is 2.71 bits per heavy atom. The number of halogens is 2. The first-order chi connectivity index (χ1) is 10.0. The molecule has 0 saturated carbocycles. The highest BCUT2D eigenvalue weighted by molar-refractivity contribution is 9.10. The summed E-state index contributed by atoms with van der Waals surface area (Å²) in [4.78, 5) is 11.9. The van der Waals surface area contributed by atoms with Crippen molar-refractivity contribution in [1.82, 2.24) is 0 Å². The third-order valence-electron chi connectivity index (χ3n) is 2.82. The molecule has 0 fully saturated rings. The van der Waals surface area contributed by atoms with Gasteiger partial charge in [0.1, 0.15) is 18.2 Å². The van der Waals surface area contributed by atoms with Crippen LogP contribution < -0.4 is 10.5 Å². The summed E-state index contributed by atoms with van der Waals surface area (Å²) >= 11 is 3.35. The number of benzene rings is 2. The Morgan fingerprint density at radius 1 is 1.29 bits per heavy atom. The topological polar surface area (TPSA) is 61.5 Å². The quantitative estimate of drug-likeness (QED) is 0.674. The number of hydrogen-bond donors (Lipinski definition) is 1. The molecule has 2 N–H and O–H groups in total. The molecule has 0 bridgehead atoms. The second-order valence-electron chi connectivity index (χ2n) is 4.28. The molecule has 0 aliphatic rings. The molecule has 0 aliphatic heterocycles. The number of anilines is 1. The Morgan fingerprint density at radius 2 is 2.05 bits per heavy atom. The fourth-order valence-corrected chi connectivity index (χ4v) is 2.32. The van der Waals surface area contributed by atoms with Gasteiger partial charge >= 0.3 is 5.97 Å². The Labute approximate surface area is 129 Å². The van der Waals surface area contributed by atoms with E-state index < -0.39 is 11.8 Å². The van der Waals surface area contributed by atoms with Crippen molar-refractivity contribution in [2.24, 2.45) is 0 Å². The Balaban J connectivity index is 2.07. The van der Waals surface area contributed by atoms with Crippen molar-refractivity contribution in [3.8, 4) is 5.75 Å². The fourth-order valence-electron chi connectivity index (χ4n) is 1.73. The van der Waals surface area contributed by atoms with E-state index in [1.165, 1.54) is 12.1 Å². The molecular weight excluding hydrogens is 341 g/mol. The molecule has 0 atom stereocenters. The minimum atomic E-state index is -0.668. The summed E-state index contributed by atoms with van der Waals surface area (Å²) in [6.45, 7) is 0.0530. The highest BCUT2D eigenvalue weighted by atomic mass is 79.9. The molecule has 0 saturated heterocycles. The van der Waals surface area contributed by atoms with Crippen LogP contribution in [0.25, 0.3) is 0 Å². The lowest BCUT2D eigenvalue weighted by molar-refractivity contribution is 0.0473. The number of carbonyl (C=O) groups is 1. The van der Waals surface area contributed by atoms with Crippen LogP contribution in [0.15, 0.2) is 40.9 Å². The molecule has 4 nitrogen and oxygen atoms in total. The number of ether oxygens (including phenoxy) is 2. The summed E-state index contributed by atoms with van der Waals surface area (Å²) in [6, 6.07) is 8.88. The normalized spacial score (nSPS) is 10.2. The second kappa shape index (κ2) is 6.58. The zero-order chi connectivity index (χ0) is 15.4. The molecule has 21 heavy (non-hydrogen) atoms. The van der Waals surface area contributed by atoms with Crippen LogP contribution in [0.1, 0.15) is 15.9 Å². The zero-order valence-corrected chi connectivity index (χ0v) is 12.8. The van der Waals surface area contributed by atoms with Crippen molar-refractivity contribution in [3.63, 3.8) is 0 Å². The van der Waals surface area contributed by atoms with Gasteiger partial charge in [-0.15, -0.1) is 0 Å². The van der Waals surface area contributed by atoms with Crippen LogP contribution in [0.4, 0.5) is 10.1 Å². The average Bonchev–Trinajstić information content (AvgIpc) is 2.47. The van der Waals surface area contributed by atoms with E-state index in [9.17, 15) is 9.18 Å². The molecule has 2 rings (SSSR count). The van der Waals surface area contributed by atoms with Crippen molar-refractivity contribution in [3.05, 3.63) is 57.8 Å². The molecule has 6 heteroatoms. The van der Waals surface area contributed by atoms with E-state index in [-0.39, 0.29) is 17.9 Å². The molecule has 0 unspecified atom stereocenters. The first-order valence-corrected chi connectivity index (χ1v) is 6.85. The molecular formula is C15H13BrFNO3. The number of nitrogen functional groups attached to an aromatic ring is 1. The third-order valence-corrected chi connectivity index (χ3v) is 3.44. The fraction of sp³-hybridized carbons (Fsp3) is 0.133. The number of methoxy groups -OCH3 is 1. The lowest BCUT2D eigenvalue weighted by atomic mass is 10.2. The smallest absolute Gasteiger partial charge is 0.340 e. The van der Waals surface area contributed by atoms with Crippen LogP contribution >= 0.6 is 15.9 Å². The van der Waals surface area contributed by atoms with Crippen molar-refractivity contribution in [2.45, 2.75) is 6.61 Å². The van der Waals surface area contributed by atoms with E-state index in [0.29, 0.717) is 5.75 Å². The molecule has 0 amide bonds. The summed E-state index contributed by atoms with van der Waals surface area (Å²) < 4.78 is 24.1. The predicted octanol–water partition coefficient (Wildman–Crippen LogP) is 3.54. The minimum Gasteiger partial charge on any atom is -0.496 e. The monoisotopic (exact) mass is 353 g/mol. The molecule has 0 heterocycles. The first-order valence-electron chi connectivity index (χ1n) is 6.06. The molecule has 2 aromatic carbocycles. The number of carbonyl (C=O) groups excluding carboxylic acids is 1. The minimum absolute atomic E-state index is 0.0163. The Hall–Kier alpha value is -2.08. The van der Waals surface area contributed by atoms with Gasteiger partial charge < -0.3 is 15.2 Å². The molecule has 0 aromatic heterocycles. The average molecular weight is 354 g/mol. The molecule has 0 aliphatic carbocycles. The van der Waals surface area contributed by atoms with Crippen molar-refractivity contribution in [1.29, 1.82) is 0 Å². The lowest BCUT2D eigenvalue weighted by Crippen LogP contribution is -2.08. The lowest BCUT2D eigenvalue weighted by Gasteiger charge is -2.09.